The van der Waals surface area contributed by atoms with Gasteiger partial charge >= 0.3 is 5.97 Å². The summed E-state index contributed by atoms with van der Waals surface area (Å²) < 4.78 is 4.79. The van der Waals surface area contributed by atoms with Gasteiger partial charge in [0.25, 0.3) is 0 Å². The van der Waals surface area contributed by atoms with Gasteiger partial charge < -0.3 is 10.5 Å². The maximum atomic E-state index is 11.1. The molecule has 0 aromatic carbocycles. The number of nitrogens with zero attached hydrogens (tertiary/aromatic N) is 1. The minimum atomic E-state index is -0.358. The number of esters is 1. The summed E-state index contributed by atoms with van der Waals surface area (Å²) in [6.45, 7) is 0.595. The van der Waals surface area contributed by atoms with E-state index in [9.17, 15) is 4.79 Å². The number of hydrogen-bond acceptors (Lipinski definition) is 4. The summed E-state index contributed by atoms with van der Waals surface area (Å²) in [6, 6.07) is 3.19. The van der Waals surface area contributed by atoms with E-state index in [1.807, 2.05) is 0 Å². The number of aromatic nitrogens is 1. The molecule has 0 saturated carbocycles. The van der Waals surface area contributed by atoms with Gasteiger partial charge in [-0.25, -0.2) is 4.79 Å². The topological polar surface area (TPSA) is 65.2 Å². The van der Waals surface area contributed by atoms with Crippen LogP contribution in [0, 0.1) is 0 Å². The van der Waals surface area contributed by atoms with Gasteiger partial charge in [-0.1, -0.05) is 0 Å². The summed E-state index contributed by atoms with van der Waals surface area (Å²) in [6.07, 6.45) is 3.08. The first kappa shape index (κ1) is 8.67. The fourth-order valence-electron chi connectivity index (χ4n) is 0.723. The fraction of sp³-hybridized carbons (Fsp3) is 0.250. The zero-order valence-corrected chi connectivity index (χ0v) is 6.56. The highest BCUT2D eigenvalue weighted by Crippen LogP contribution is 1.98. The molecule has 0 radical (unpaired) electrons. The molecule has 0 fully saturated rings. The fourth-order valence-corrected chi connectivity index (χ4v) is 0.723. The van der Waals surface area contributed by atoms with Crippen LogP contribution in [-0.4, -0.2) is 24.1 Å². The predicted octanol–water partition coefficient (Wildman–Crippen LogP) is 0.197. The second kappa shape index (κ2) is 4.46. The van der Waals surface area contributed by atoms with Gasteiger partial charge in [-0.05, 0) is 12.1 Å². The highest BCUT2D eigenvalue weighted by Gasteiger charge is 2.03. The number of carbonyl (C=O) groups is 1. The first-order valence-electron chi connectivity index (χ1n) is 3.62. The van der Waals surface area contributed by atoms with E-state index in [-0.39, 0.29) is 12.6 Å². The molecule has 1 aromatic rings. The number of nitrogens with two attached hydrogens (primary N) is 1. The first-order valence-corrected chi connectivity index (χ1v) is 3.62. The highest BCUT2D eigenvalue weighted by atomic mass is 16.5. The SMILES string of the molecule is NCCOC(=O)c1ccncc1. The third-order valence-electron chi connectivity index (χ3n) is 1.27. The Labute approximate surface area is 70.4 Å². The van der Waals surface area contributed by atoms with Gasteiger partial charge in [0.15, 0.2) is 0 Å². The van der Waals surface area contributed by atoms with Crippen molar-refractivity contribution in [3.63, 3.8) is 0 Å². The minimum Gasteiger partial charge on any atom is -0.461 e. The third-order valence-corrected chi connectivity index (χ3v) is 1.27. The van der Waals surface area contributed by atoms with Crippen molar-refractivity contribution < 1.29 is 9.53 Å². The maximum Gasteiger partial charge on any atom is 0.338 e. The molecule has 0 amide bonds. The Hall–Kier alpha value is -1.42. The quantitative estimate of drug-likeness (QED) is 0.651. The Balaban J connectivity index is 2.54. The molecule has 0 spiro atoms. The lowest BCUT2D eigenvalue weighted by atomic mass is 10.3. The second-order valence-electron chi connectivity index (χ2n) is 2.16. The maximum absolute atomic E-state index is 11.1. The molecule has 4 heteroatoms. The normalized spacial score (nSPS) is 9.42. The molecule has 0 bridgehead atoms. The molecular weight excluding hydrogens is 156 g/mol. The van der Waals surface area contributed by atoms with Crippen molar-refractivity contribution in [1.29, 1.82) is 0 Å². The van der Waals surface area contributed by atoms with E-state index in [0.29, 0.717) is 12.1 Å². The van der Waals surface area contributed by atoms with Gasteiger partial charge in [-0.15, -0.1) is 0 Å². The number of rotatable bonds is 3. The van der Waals surface area contributed by atoms with Crippen molar-refractivity contribution >= 4 is 5.97 Å². The molecule has 0 atom stereocenters. The van der Waals surface area contributed by atoms with Gasteiger partial charge in [0.1, 0.15) is 6.61 Å². The predicted molar refractivity (Wildman–Crippen MR) is 43.6 cm³/mol. The molecule has 0 aliphatic rings. The molecule has 0 aliphatic carbocycles. The van der Waals surface area contributed by atoms with Crippen molar-refractivity contribution in [2.45, 2.75) is 0 Å². The van der Waals surface area contributed by atoms with E-state index >= 15 is 0 Å². The minimum absolute atomic E-state index is 0.251. The number of carbonyl (C=O) groups excluding carboxylic acids is 1. The average molecular weight is 166 g/mol. The van der Waals surface area contributed by atoms with Gasteiger partial charge in [-0.2, -0.15) is 0 Å². The molecule has 12 heavy (non-hydrogen) atoms. The van der Waals surface area contributed by atoms with Gasteiger partial charge in [0.05, 0.1) is 5.56 Å². The van der Waals surface area contributed by atoms with E-state index in [1.165, 1.54) is 0 Å². The lowest BCUT2D eigenvalue weighted by Gasteiger charge is -2.01. The lowest BCUT2D eigenvalue weighted by molar-refractivity contribution is 0.0516. The van der Waals surface area contributed by atoms with Crippen LogP contribution in [0.4, 0.5) is 0 Å². The number of pyridine rings is 1. The zero-order valence-electron chi connectivity index (χ0n) is 6.56. The molecule has 2 N–H and O–H groups in total. The van der Waals surface area contributed by atoms with Crippen LogP contribution in [0.2, 0.25) is 0 Å². The van der Waals surface area contributed by atoms with Crippen molar-refractivity contribution in [2.75, 3.05) is 13.2 Å². The summed E-state index contributed by atoms with van der Waals surface area (Å²) in [7, 11) is 0. The molecule has 0 saturated heterocycles. The molecule has 0 aliphatic heterocycles. The smallest absolute Gasteiger partial charge is 0.338 e. The van der Waals surface area contributed by atoms with Crippen LogP contribution in [0.3, 0.4) is 0 Å². The van der Waals surface area contributed by atoms with Crippen LogP contribution in [0.25, 0.3) is 0 Å². The summed E-state index contributed by atoms with van der Waals surface area (Å²) in [5.74, 6) is -0.358. The van der Waals surface area contributed by atoms with Crippen molar-refractivity contribution in [3.8, 4) is 0 Å². The Kier molecular flexibility index (Phi) is 3.22. The number of hydrogen-bond donors (Lipinski definition) is 1. The molecule has 1 heterocycles. The molecule has 64 valence electrons. The Morgan fingerprint density at radius 2 is 2.17 bits per heavy atom. The molecule has 0 unspecified atom stereocenters. The van der Waals surface area contributed by atoms with Crippen LogP contribution in [-0.2, 0) is 4.74 Å². The van der Waals surface area contributed by atoms with Gasteiger partial charge in [0, 0.05) is 18.9 Å². The second-order valence-corrected chi connectivity index (χ2v) is 2.16. The molecular formula is C8H10N2O2. The Morgan fingerprint density at radius 1 is 1.50 bits per heavy atom. The largest absolute Gasteiger partial charge is 0.461 e. The monoisotopic (exact) mass is 166 g/mol. The first-order chi connectivity index (χ1) is 5.84. The summed E-state index contributed by atoms with van der Waals surface area (Å²) in [5, 5.41) is 0. The standard InChI is InChI=1S/C8H10N2O2/c9-3-6-12-8(11)7-1-4-10-5-2-7/h1-2,4-5H,3,6,9H2. The summed E-state index contributed by atoms with van der Waals surface area (Å²) in [5.41, 5.74) is 5.66. The van der Waals surface area contributed by atoms with Crippen LogP contribution in [0.5, 0.6) is 0 Å². The van der Waals surface area contributed by atoms with Crippen LogP contribution >= 0.6 is 0 Å². The Bertz CT molecular complexity index is 248. The van der Waals surface area contributed by atoms with Crippen LogP contribution in [0.1, 0.15) is 10.4 Å². The van der Waals surface area contributed by atoms with Crippen LogP contribution < -0.4 is 5.73 Å². The van der Waals surface area contributed by atoms with Gasteiger partial charge in [-0.3, -0.25) is 4.98 Å². The van der Waals surface area contributed by atoms with Crippen molar-refractivity contribution in [3.05, 3.63) is 30.1 Å². The van der Waals surface area contributed by atoms with E-state index in [2.05, 4.69) is 4.98 Å². The van der Waals surface area contributed by atoms with Crippen molar-refractivity contribution in [2.24, 2.45) is 5.73 Å². The van der Waals surface area contributed by atoms with E-state index in [0.717, 1.165) is 0 Å². The summed E-state index contributed by atoms with van der Waals surface area (Å²) >= 11 is 0. The van der Waals surface area contributed by atoms with Gasteiger partial charge in [0.2, 0.25) is 0 Å². The Morgan fingerprint density at radius 3 is 2.75 bits per heavy atom. The summed E-state index contributed by atoms with van der Waals surface area (Å²) in [4.78, 5) is 14.9. The van der Waals surface area contributed by atoms with E-state index in [4.69, 9.17) is 10.5 Å². The molecule has 1 aromatic heterocycles. The third kappa shape index (κ3) is 2.32. The van der Waals surface area contributed by atoms with E-state index < -0.39 is 0 Å². The lowest BCUT2D eigenvalue weighted by Crippen LogP contribution is -2.13. The molecule has 4 nitrogen and oxygen atoms in total. The zero-order chi connectivity index (χ0) is 8.81. The van der Waals surface area contributed by atoms with Crippen LogP contribution in [0.15, 0.2) is 24.5 Å². The number of ether oxygens (including phenoxy) is 1. The highest BCUT2D eigenvalue weighted by molar-refractivity contribution is 5.89. The average Bonchev–Trinajstić information content (AvgIpc) is 2.15. The van der Waals surface area contributed by atoms with E-state index in [1.54, 1.807) is 24.5 Å². The van der Waals surface area contributed by atoms with Crippen molar-refractivity contribution in [1.82, 2.24) is 4.98 Å². The molecule has 1 rings (SSSR count).